The zero-order valence-corrected chi connectivity index (χ0v) is 5.72. The first-order chi connectivity index (χ1) is 5.02. The van der Waals surface area contributed by atoms with Gasteiger partial charge >= 0.3 is 12.1 Å². The minimum Gasteiger partial charge on any atom is -0.475 e. The van der Waals surface area contributed by atoms with E-state index >= 15 is 0 Å². The monoisotopic (exact) mass is 166 g/mol. The van der Waals surface area contributed by atoms with Crippen molar-refractivity contribution in [1.29, 1.82) is 0 Å². The third-order valence-electron chi connectivity index (χ3n) is 1.45. The van der Waals surface area contributed by atoms with E-state index < -0.39 is 12.1 Å². The second-order valence-electron chi connectivity index (χ2n) is 2.58. The molecule has 0 aromatic heterocycles. The molecule has 3 nitrogen and oxygen atoms in total. The van der Waals surface area contributed by atoms with Gasteiger partial charge in [-0.3, -0.25) is 0 Å². The van der Waals surface area contributed by atoms with Crippen LogP contribution in [0.4, 0.5) is 8.78 Å². The van der Waals surface area contributed by atoms with E-state index in [1.165, 1.54) is 0 Å². The molecular formula is C6H8F2O3. The van der Waals surface area contributed by atoms with Crippen molar-refractivity contribution >= 4 is 5.97 Å². The third kappa shape index (κ3) is 2.42. The number of alkyl halides is 2. The molecule has 1 aliphatic carbocycles. The number of ether oxygens (including phenoxy) is 1. The van der Waals surface area contributed by atoms with Gasteiger partial charge in [-0.2, -0.15) is 8.78 Å². The van der Waals surface area contributed by atoms with E-state index in [0.29, 0.717) is 0 Å². The van der Waals surface area contributed by atoms with Crippen LogP contribution in [-0.4, -0.2) is 23.8 Å². The van der Waals surface area contributed by atoms with Crippen LogP contribution in [0.2, 0.25) is 0 Å². The highest BCUT2D eigenvalue weighted by atomic mass is 19.3. The molecule has 11 heavy (non-hydrogen) atoms. The largest absolute Gasteiger partial charge is 0.475 e. The molecule has 5 heteroatoms. The highest BCUT2D eigenvalue weighted by Gasteiger charge is 2.42. The Kier molecular flexibility index (Phi) is 2.08. The highest BCUT2D eigenvalue weighted by Crippen LogP contribution is 2.31. The second-order valence-corrected chi connectivity index (χ2v) is 2.58. The number of carbonyl (C=O) groups is 1. The molecule has 0 aromatic carbocycles. The lowest BCUT2D eigenvalue weighted by atomic mass is 10.5. The van der Waals surface area contributed by atoms with Crippen LogP contribution in [0, 0.1) is 5.92 Å². The van der Waals surface area contributed by atoms with Gasteiger partial charge in [0.15, 0.2) is 0 Å². The van der Waals surface area contributed by atoms with Crippen molar-refractivity contribution in [3.8, 4) is 0 Å². The summed E-state index contributed by atoms with van der Waals surface area (Å²) < 4.78 is 28.1. The number of carboxylic acid groups (broad SMARTS) is 1. The predicted octanol–water partition coefficient (Wildman–Crippen LogP) is 1.09. The summed E-state index contributed by atoms with van der Waals surface area (Å²) in [4.78, 5) is 9.78. The Morgan fingerprint density at radius 1 is 1.64 bits per heavy atom. The average Bonchev–Trinajstić information content (AvgIpc) is 2.65. The SMILES string of the molecule is O=C(O)C(F)(F)OCC1CC1. The zero-order chi connectivity index (χ0) is 8.48. The van der Waals surface area contributed by atoms with Crippen molar-refractivity contribution in [2.75, 3.05) is 6.61 Å². The Bertz CT molecular complexity index is 165. The molecule has 1 aliphatic rings. The fourth-order valence-electron chi connectivity index (χ4n) is 0.569. The molecule has 0 bridgehead atoms. The van der Waals surface area contributed by atoms with Crippen molar-refractivity contribution in [2.45, 2.75) is 19.0 Å². The molecule has 1 saturated carbocycles. The molecular weight excluding hydrogens is 158 g/mol. The normalized spacial score (nSPS) is 18.4. The van der Waals surface area contributed by atoms with Crippen molar-refractivity contribution in [3.05, 3.63) is 0 Å². The van der Waals surface area contributed by atoms with Gasteiger partial charge in [0.25, 0.3) is 0 Å². The number of aliphatic carboxylic acids is 1. The summed E-state index contributed by atoms with van der Waals surface area (Å²) in [5, 5.41) is 7.90. The first kappa shape index (κ1) is 8.39. The maximum atomic E-state index is 12.1. The van der Waals surface area contributed by atoms with E-state index in [0.717, 1.165) is 12.8 Å². The molecule has 1 fully saturated rings. The van der Waals surface area contributed by atoms with E-state index in [1.807, 2.05) is 0 Å². The number of hydrogen-bond donors (Lipinski definition) is 1. The number of carboxylic acids is 1. The number of halogens is 2. The van der Waals surface area contributed by atoms with E-state index in [1.54, 1.807) is 0 Å². The molecule has 0 aromatic rings. The maximum absolute atomic E-state index is 12.1. The van der Waals surface area contributed by atoms with E-state index in [9.17, 15) is 13.6 Å². The van der Waals surface area contributed by atoms with E-state index in [4.69, 9.17) is 5.11 Å². The smallest absolute Gasteiger partial charge is 0.455 e. The maximum Gasteiger partial charge on any atom is 0.455 e. The van der Waals surface area contributed by atoms with Crippen molar-refractivity contribution in [3.63, 3.8) is 0 Å². The lowest BCUT2D eigenvalue weighted by Crippen LogP contribution is -2.32. The van der Waals surface area contributed by atoms with Crippen LogP contribution in [-0.2, 0) is 9.53 Å². The summed E-state index contributed by atoms with van der Waals surface area (Å²) in [6.45, 7) is -0.153. The van der Waals surface area contributed by atoms with Gasteiger partial charge in [-0.15, -0.1) is 0 Å². The van der Waals surface area contributed by atoms with Crippen LogP contribution in [0.1, 0.15) is 12.8 Å². The molecule has 0 heterocycles. The van der Waals surface area contributed by atoms with Crippen molar-refractivity contribution in [1.82, 2.24) is 0 Å². The van der Waals surface area contributed by atoms with Crippen molar-refractivity contribution < 1.29 is 23.4 Å². The van der Waals surface area contributed by atoms with Gasteiger partial charge in [0.1, 0.15) is 0 Å². The topological polar surface area (TPSA) is 46.5 Å². The Balaban J connectivity index is 2.26. The lowest BCUT2D eigenvalue weighted by Gasteiger charge is -2.10. The molecule has 0 amide bonds. The van der Waals surface area contributed by atoms with E-state index in [-0.39, 0.29) is 12.5 Å². The first-order valence-electron chi connectivity index (χ1n) is 3.27. The van der Waals surface area contributed by atoms with Gasteiger partial charge in [-0.05, 0) is 18.8 Å². The van der Waals surface area contributed by atoms with Crippen LogP contribution in [0.25, 0.3) is 0 Å². The van der Waals surface area contributed by atoms with Gasteiger partial charge in [0, 0.05) is 0 Å². The highest BCUT2D eigenvalue weighted by molar-refractivity contribution is 5.73. The van der Waals surface area contributed by atoms with Gasteiger partial charge in [0.2, 0.25) is 0 Å². The molecule has 0 aliphatic heterocycles. The van der Waals surface area contributed by atoms with Gasteiger partial charge in [-0.25, -0.2) is 4.79 Å². The Hall–Kier alpha value is -0.710. The van der Waals surface area contributed by atoms with Crippen LogP contribution >= 0.6 is 0 Å². The van der Waals surface area contributed by atoms with Crippen LogP contribution in [0.5, 0.6) is 0 Å². The first-order valence-corrected chi connectivity index (χ1v) is 3.27. The Labute approximate surface area is 62.0 Å². The Morgan fingerprint density at radius 3 is 2.55 bits per heavy atom. The van der Waals surface area contributed by atoms with Crippen LogP contribution < -0.4 is 0 Å². The Morgan fingerprint density at radius 2 is 2.18 bits per heavy atom. The lowest BCUT2D eigenvalue weighted by molar-refractivity contribution is -0.246. The summed E-state index contributed by atoms with van der Waals surface area (Å²) >= 11 is 0. The minimum absolute atomic E-state index is 0.139. The van der Waals surface area contributed by atoms with Crippen molar-refractivity contribution in [2.24, 2.45) is 5.92 Å². The summed E-state index contributed by atoms with van der Waals surface area (Å²) in [5.41, 5.74) is 0. The molecule has 0 atom stereocenters. The average molecular weight is 166 g/mol. The predicted molar refractivity (Wildman–Crippen MR) is 31.3 cm³/mol. The van der Waals surface area contributed by atoms with Gasteiger partial charge in [0.05, 0.1) is 6.61 Å². The second kappa shape index (κ2) is 2.73. The molecule has 0 unspecified atom stereocenters. The van der Waals surface area contributed by atoms with Gasteiger partial charge < -0.3 is 9.84 Å². The fourth-order valence-corrected chi connectivity index (χ4v) is 0.569. The van der Waals surface area contributed by atoms with Crippen LogP contribution in [0.3, 0.4) is 0 Å². The fraction of sp³-hybridized carbons (Fsp3) is 0.833. The molecule has 0 spiro atoms. The number of rotatable bonds is 4. The minimum atomic E-state index is -4.01. The third-order valence-corrected chi connectivity index (χ3v) is 1.45. The molecule has 0 radical (unpaired) electrons. The molecule has 0 saturated heterocycles. The molecule has 1 N–H and O–H groups in total. The van der Waals surface area contributed by atoms with Gasteiger partial charge in [-0.1, -0.05) is 0 Å². The standard InChI is InChI=1S/C6H8F2O3/c7-6(8,5(9)10)11-3-4-1-2-4/h4H,1-3H2,(H,9,10). The zero-order valence-electron chi connectivity index (χ0n) is 5.72. The summed E-state index contributed by atoms with van der Waals surface area (Å²) in [6, 6.07) is 0. The summed E-state index contributed by atoms with van der Waals surface area (Å²) in [5.74, 6) is -2.08. The quantitative estimate of drug-likeness (QED) is 0.679. The van der Waals surface area contributed by atoms with Crippen LogP contribution in [0.15, 0.2) is 0 Å². The molecule has 64 valence electrons. The number of hydrogen-bond acceptors (Lipinski definition) is 2. The summed E-state index contributed by atoms with van der Waals surface area (Å²) in [6.07, 6.45) is -2.30. The molecule has 1 rings (SSSR count). The summed E-state index contributed by atoms with van der Waals surface area (Å²) in [7, 11) is 0. The van der Waals surface area contributed by atoms with E-state index in [2.05, 4.69) is 4.74 Å².